The fourth-order valence-electron chi connectivity index (χ4n) is 2.70. The molecule has 3 heterocycles. The Bertz CT molecular complexity index is 938. The molecule has 1 aliphatic heterocycles. The van der Waals surface area contributed by atoms with E-state index in [1.54, 1.807) is 18.5 Å². The lowest BCUT2D eigenvalue weighted by atomic mass is 10.2. The first kappa shape index (κ1) is 16.0. The van der Waals surface area contributed by atoms with Gasteiger partial charge in [-0.05, 0) is 24.3 Å². The highest BCUT2D eigenvalue weighted by Crippen LogP contribution is 2.35. The van der Waals surface area contributed by atoms with Crippen LogP contribution in [0.25, 0.3) is 11.0 Å². The number of rotatable bonds is 3. The molecule has 0 radical (unpaired) electrons. The van der Waals surface area contributed by atoms with Gasteiger partial charge >= 0.3 is 5.97 Å². The molecule has 0 spiro atoms. The number of esters is 1. The average molecular weight is 403 g/mol. The molecule has 1 N–H and O–H groups in total. The molecule has 1 aliphatic rings. The van der Waals surface area contributed by atoms with Gasteiger partial charge in [0.25, 0.3) is 0 Å². The molecule has 0 saturated heterocycles. The molecule has 0 atom stereocenters. The summed E-state index contributed by atoms with van der Waals surface area (Å²) >= 11 is 3.50. The van der Waals surface area contributed by atoms with Gasteiger partial charge in [0.1, 0.15) is 12.3 Å². The van der Waals surface area contributed by atoms with Crippen molar-refractivity contribution in [2.45, 2.75) is 13.0 Å². The summed E-state index contributed by atoms with van der Waals surface area (Å²) in [6.45, 7) is 1.36. The number of hydrogen-bond acceptors (Lipinski definition) is 5. The predicted octanol–water partition coefficient (Wildman–Crippen LogP) is 3.84. The van der Waals surface area contributed by atoms with Crippen LogP contribution in [0.1, 0.15) is 22.3 Å². The van der Waals surface area contributed by atoms with E-state index >= 15 is 0 Å². The molecule has 0 bridgehead atoms. The third kappa shape index (κ3) is 3.19. The first-order chi connectivity index (χ1) is 12.2. The molecule has 0 unspecified atom stereocenters. The Morgan fingerprint density at radius 1 is 1.24 bits per heavy atom. The van der Waals surface area contributed by atoms with E-state index in [2.05, 4.69) is 25.9 Å². The Balaban J connectivity index is 1.54. The number of carbonyl (C=O) groups is 1. The van der Waals surface area contributed by atoms with Gasteiger partial charge in [-0.3, -0.25) is 0 Å². The number of pyridine rings is 1. The highest BCUT2D eigenvalue weighted by atomic mass is 79.9. The second kappa shape index (κ2) is 6.76. The lowest BCUT2D eigenvalue weighted by Crippen LogP contribution is -2.06. The third-order valence-electron chi connectivity index (χ3n) is 3.96. The molecule has 0 fully saturated rings. The maximum atomic E-state index is 12.4. The van der Waals surface area contributed by atoms with E-state index in [1.807, 2.05) is 18.2 Å². The quantitative estimate of drug-likeness (QED) is 0.673. The molecule has 2 aromatic heterocycles. The first-order valence-corrected chi connectivity index (χ1v) is 8.69. The normalized spacial score (nSPS) is 13.5. The monoisotopic (exact) mass is 402 g/mol. The molecular formula is C18H15BrN2O4. The highest BCUT2D eigenvalue weighted by molar-refractivity contribution is 9.10. The summed E-state index contributed by atoms with van der Waals surface area (Å²) in [6, 6.07) is 7.15. The van der Waals surface area contributed by atoms with Gasteiger partial charge in [0.15, 0.2) is 11.5 Å². The number of benzene rings is 1. The lowest BCUT2D eigenvalue weighted by Gasteiger charge is -2.12. The van der Waals surface area contributed by atoms with Crippen LogP contribution in [-0.4, -0.2) is 29.2 Å². The maximum Gasteiger partial charge on any atom is 0.339 e. The van der Waals surface area contributed by atoms with Crippen LogP contribution in [-0.2, 0) is 11.3 Å². The summed E-state index contributed by atoms with van der Waals surface area (Å²) in [5, 5.41) is 0.741. The van der Waals surface area contributed by atoms with E-state index in [-0.39, 0.29) is 6.61 Å². The second-order valence-corrected chi connectivity index (χ2v) is 6.47. The zero-order valence-electron chi connectivity index (χ0n) is 13.3. The van der Waals surface area contributed by atoms with Crippen LogP contribution in [0.3, 0.4) is 0 Å². The standard InChI is InChI=1S/C18H15BrN2O4/c19-14-9-16-15(23-6-1-7-24-16)8-11(14)10-25-18(22)13-3-5-21-17-12(13)2-4-20-17/h2-5,8-9H,1,6-7,10H2,(H,20,21). The van der Waals surface area contributed by atoms with E-state index in [1.165, 1.54) is 0 Å². The van der Waals surface area contributed by atoms with Crippen LogP contribution in [0, 0.1) is 0 Å². The number of H-pyrrole nitrogens is 1. The summed E-state index contributed by atoms with van der Waals surface area (Å²) in [7, 11) is 0. The first-order valence-electron chi connectivity index (χ1n) is 7.89. The zero-order chi connectivity index (χ0) is 17.2. The van der Waals surface area contributed by atoms with Crippen LogP contribution in [0.2, 0.25) is 0 Å². The van der Waals surface area contributed by atoms with Crippen molar-refractivity contribution in [3.05, 3.63) is 52.3 Å². The Morgan fingerprint density at radius 3 is 2.88 bits per heavy atom. The van der Waals surface area contributed by atoms with E-state index < -0.39 is 5.97 Å². The van der Waals surface area contributed by atoms with Crippen LogP contribution in [0.15, 0.2) is 41.1 Å². The fraction of sp³-hybridized carbons (Fsp3) is 0.222. The van der Waals surface area contributed by atoms with Crippen LogP contribution in [0.5, 0.6) is 11.5 Å². The van der Waals surface area contributed by atoms with E-state index in [4.69, 9.17) is 14.2 Å². The topological polar surface area (TPSA) is 73.4 Å². The molecule has 7 heteroatoms. The van der Waals surface area contributed by atoms with Crippen molar-refractivity contribution < 1.29 is 19.0 Å². The third-order valence-corrected chi connectivity index (χ3v) is 4.69. The molecule has 0 saturated carbocycles. The minimum Gasteiger partial charge on any atom is -0.490 e. The van der Waals surface area contributed by atoms with Crippen molar-refractivity contribution >= 4 is 32.9 Å². The number of ether oxygens (including phenoxy) is 3. The Hall–Kier alpha value is -2.54. The van der Waals surface area contributed by atoms with Gasteiger partial charge in [-0.2, -0.15) is 0 Å². The van der Waals surface area contributed by atoms with Crippen molar-refractivity contribution in [3.63, 3.8) is 0 Å². The zero-order valence-corrected chi connectivity index (χ0v) is 14.8. The van der Waals surface area contributed by atoms with Gasteiger partial charge in [-0.1, -0.05) is 15.9 Å². The van der Waals surface area contributed by atoms with Crippen LogP contribution in [0.4, 0.5) is 0 Å². The SMILES string of the molecule is O=C(OCc1cc2c(cc1Br)OCCCO2)c1ccnc2[nH]ccc12. The van der Waals surface area contributed by atoms with Crippen molar-refractivity contribution in [1.29, 1.82) is 0 Å². The van der Waals surface area contributed by atoms with Crippen LogP contribution >= 0.6 is 15.9 Å². The number of aromatic amines is 1. The summed E-state index contributed by atoms with van der Waals surface area (Å²) in [4.78, 5) is 19.6. The summed E-state index contributed by atoms with van der Waals surface area (Å²) in [6.07, 6.45) is 4.17. The van der Waals surface area contributed by atoms with Crippen molar-refractivity contribution in [1.82, 2.24) is 9.97 Å². The van der Waals surface area contributed by atoms with Gasteiger partial charge in [0.05, 0.1) is 18.8 Å². The Kier molecular flexibility index (Phi) is 4.31. The number of nitrogens with one attached hydrogen (secondary N) is 1. The number of nitrogens with zero attached hydrogens (tertiary/aromatic N) is 1. The average Bonchev–Trinajstić information content (AvgIpc) is 2.99. The minimum atomic E-state index is -0.397. The number of fused-ring (bicyclic) bond motifs is 2. The minimum absolute atomic E-state index is 0.129. The van der Waals surface area contributed by atoms with Crippen molar-refractivity contribution in [3.8, 4) is 11.5 Å². The molecule has 25 heavy (non-hydrogen) atoms. The highest BCUT2D eigenvalue weighted by Gasteiger charge is 2.17. The van der Waals surface area contributed by atoms with Gasteiger partial charge in [0.2, 0.25) is 0 Å². The maximum absolute atomic E-state index is 12.4. The fourth-order valence-corrected chi connectivity index (χ4v) is 3.13. The molecule has 0 aliphatic carbocycles. The van der Waals surface area contributed by atoms with Crippen molar-refractivity contribution in [2.24, 2.45) is 0 Å². The summed E-state index contributed by atoms with van der Waals surface area (Å²) in [5.74, 6) is 0.970. The Morgan fingerprint density at radius 2 is 2.04 bits per heavy atom. The van der Waals surface area contributed by atoms with E-state index in [9.17, 15) is 4.79 Å². The molecule has 4 rings (SSSR count). The van der Waals surface area contributed by atoms with Gasteiger partial charge in [0, 0.05) is 34.2 Å². The molecule has 1 aromatic carbocycles. The summed E-state index contributed by atoms with van der Waals surface area (Å²) < 4.78 is 17.6. The van der Waals surface area contributed by atoms with Gasteiger partial charge < -0.3 is 19.2 Å². The number of aromatic nitrogens is 2. The number of halogens is 1. The number of carbonyl (C=O) groups excluding carboxylic acids is 1. The molecule has 128 valence electrons. The largest absolute Gasteiger partial charge is 0.490 e. The Labute approximate surface area is 152 Å². The van der Waals surface area contributed by atoms with Crippen molar-refractivity contribution in [2.75, 3.05) is 13.2 Å². The lowest BCUT2D eigenvalue weighted by molar-refractivity contribution is 0.0474. The smallest absolute Gasteiger partial charge is 0.339 e. The molecular weight excluding hydrogens is 388 g/mol. The molecule has 3 aromatic rings. The van der Waals surface area contributed by atoms with E-state index in [0.29, 0.717) is 35.9 Å². The van der Waals surface area contributed by atoms with E-state index in [0.717, 1.165) is 21.8 Å². The van der Waals surface area contributed by atoms with Gasteiger partial charge in [-0.25, -0.2) is 9.78 Å². The summed E-state index contributed by atoms with van der Waals surface area (Å²) in [5.41, 5.74) is 1.96. The van der Waals surface area contributed by atoms with Gasteiger partial charge in [-0.15, -0.1) is 0 Å². The number of hydrogen-bond donors (Lipinski definition) is 1. The second-order valence-electron chi connectivity index (χ2n) is 5.62. The predicted molar refractivity (Wildman–Crippen MR) is 95.0 cm³/mol. The molecule has 6 nitrogen and oxygen atoms in total. The van der Waals surface area contributed by atoms with Crippen LogP contribution < -0.4 is 9.47 Å². The molecule has 0 amide bonds.